The van der Waals surface area contributed by atoms with Gasteiger partial charge in [-0.15, -0.1) is 0 Å². The van der Waals surface area contributed by atoms with E-state index in [1.165, 1.54) is 25.7 Å². The Hall–Kier alpha value is -2.37. The second kappa shape index (κ2) is 7.48. The Balaban J connectivity index is 1.32. The summed E-state index contributed by atoms with van der Waals surface area (Å²) in [6.45, 7) is 2.46. The number of aromatic nitrogens is 2. The molecule has 2 fully saturated rings. The molecule has 0 radical (unpaired) electrons. The van der Waals surface area contributed by atoms with Gasteiger partial charge in [0.15, 0.2) is 0 Å². The normalized spacial score (nSPS) is 18.6. The van der Waals surface area contributed by atoms with Crippen LogP contribution in [0.2, 0.25) is 0 Å². The Kier molecular flexibility index (Phi) is 4.91. The molecule has 2 aromatic rings. The lowest BCUT2D eigenvalue weighted by molar-refractivity contribution is -0.133. The van der Waals surface area contributed by atoms with Gasteiger partial charge in [-0.05, 0) is 18.4 Å². The zero-order valence-corrected chi connectivity index (χ0v) is 15.1. The van der Waals surface area contributed by atoms with Crippen molar-refractivity contribution in [3.8, 4) is 0 Å². The van der Waals surface area contributed by atoms with Gasteiger partial charge in [-0.2, -0.15) is 5.10 Å². The van der Waals surface area contributed by atoms with Gasteiger partial charge in [-0.25, -0.2) is 0 Å². The largest absolute Gasteiger partial charge is 0.339 e. The van der Waals surface area contributed by atoms with Crippen LogP contribution < -0.4 is 0 Å². The van der Waals surface area contributed by atoms with Crippen molar-refractivity contribution in [1.82, 2.24) is 20.0 Å². The number of fused-ring (bicyclic) bond motifs is 1. The highest BCUT2D eigenvalue weighted by atomic mass is 16.2. The van der Waals surface area contributed by atoms with Gasteiger partial charge in [0.2, 0.25) is 5.91 Å². The summed E-state index contributed by atoms with van der Waals surface area (Å²) < 4.78 is 0. The van der Waals surface area contributed by atoms with Crippen molar-refractivity contribution in [2.75, 3.05) is 26.2 Å². The van der Waals surface area contributed by atoms with Crippen molar-refractivity contribution in [3.63, 3.8) is 0 Å². The second-order valence-corrected chi connectivity index (χ2v) is 7.50. The maximum absolute atomic E-state index is 12.9. The molecule has 2 amide bonds. The number of benzene rings is 1. The molecular formula is C20H26N4O2. The number of nitrogens with one attached hydrogen (secondary N) is 1. The number of H-pyrrole nitrogens is 1. The first-order valence-corrected chi connectivity index (χ1v) is 9.71. The molecule has 26 heavy (non-hydrogen) atoms. The minimum atomic E-state index is 0.0119. The van der Waals surface area contributed by atoms with Crippen molar-refractivity contribution in [2.24, 2.45) is 5.92 Å². The molecule has 6 nitrogen and oxygen atoms in total. The van der Waals surface area contributed by atoms with E-state index in [4.69, 9.17) is 0 Å². The Morgan fingerprint density at radius 3 is 2.58 bits per heavy atom. The smallest absolute Gasteiger partial charge is 0.256 e. The van der Waals surface area contributed by atoms with E-state index in [0.717, 1.165) is 23.2 Å². The Morgan fingerprint density at radius 2 is 1.81 bits per heavy atom. The number of para-hydroxylation sites is 1. The predicted octanol–water partition coefficient (Wildman–Crippen LogP) is 2.82. The molecule has 138 valence electrons. The Labute approximate surface area is 153 Å². The highest BCUT2D eigenvalue weighted by Crippen LogP contribution is 2.28. The Morgan fingerprint density at radius 1 is 1.08 bits per heavy atom. The van der Waals surface area contributed by atoms with Gasteiger partial charge in [0.25, 0.3) is 5.91 Å². The lowest BCUT2D eigenvalue weighted by atomic mass is 10.0. The monoisotopic (exact) mass is 354 g/mol. The molecule has 0 unspecified atom stereocenters. The summed E-state index contributed by atoms with van der Waals surface area (Å²) in [5.41, 5.74) is 1.44. The first-order chi connectivity index (χ1) is 12.7. The van der Waals surface area contributed by atoms with Crippen molar-refractivity contribution >= 4 is 22.7 Å². The molecule has 6 heteroatoms. The minimum Gasteiger partial charge on any atom is -0.339 e. The molecule has 2 aliphatic rings. The van der Waals surface area contributed by atoms with Gasteiger partial charge < -0.3 is 9.80 Å². The molecule has 1 aromatic carbocycles. The van der Waals surface area contributed by atoms with Crippen LogP contribution in [0.4, 0.5) is 0 Å². The fourth-order valence-electron chi connectivity index (χ4n) is 4.26. The number of amides is 2. The number of nitrogens with zero attached hydrogens (tertiary/aromatic N) is 3. The SMILES string of the molecule is O=C(CCC1CCCC1)N1CCN(C(=O)c2cccc3cn[nH]c23)CC1. The highest BCUT2D eigenvalue weighted by molar-refractivity contribution is 6.05. The third kappa shape index (κ3) is 3.45. The van der Waals surface area contributed by atoms with Gasteiger partial charge in [0.05, 0.1) is 17.3 Å². The maximum Gasteiger partial charge on any atom is 0.256 e. The quantitative estimate of drug-likeness (QED) is 0.918. The van der Waals surface area contributed by atoms with Crippen LogP contribution in [0, 0.1) is 5.92 Å². The van der Waals surface area contributed by atoms with Crippen LogP contribution in [0.15, 0.2) is 24.4 Å². The van der Waals surface area contributed by atoms with Gasteiger partial charge in [-0.3, -0.25) is 14.7 Å². The first kappa shape index (κ1) is 17.1. The summed E-state index contributed by atoms with van der Waals surface area (Å²) in [5.74, 6) is 1.01. The number of hydrogen-bond donors (Lipinski definition) is 1. The van der Waals surface area contributed by atoms with E-state index < -0.39 is 0 Å². The fourth-order valence-corrected chi connectivity index (χ4v) is 4.26. The average molecular weight is 354 g/mol. The van der Waals surface area contributed by atoms with E-state index in [0.29, 0.717) is 38.2 Å². The lowest BCUT2D eigenvalue weighted by Gasteiger charge is -2.35. The summed E-state index contributed by atoms with van der Waals surface area (Å²) in [6.07, 6.45) is 8.63. The predicted molar refractivity (Wildman–Crippen MR) is 99.8 cm³/mol. The number of hydrogen-bond acceptors (Lipinski definition) is 3. The molecule has 4 rings (SSSR count). The van der Waals surface area contributed by atoms with Gasteiger partial charge >= 0.3 is 0 Å². The molecular weight excluding hydrogens is 328 g/mol. The van der Waals surface area contributed by atoms with E-state index in [-0.39, 0.29) is 11.8 Å². The number of carbonyl (C=O) groups excluding carboxylic acids is 2. The van der Waals surface area contributed by atoms with Gasteiger partial charge in [0, 0.05) is 38.0 Å². The molecule has 0 bridgehead atoms. The zero-order valence-electron chi connectivity index (χ0n) is 15.1. The van der Waals surface area contributed by atoms with Crippen molar-refractivity contribution < 1.29 is 9.59 Å². The molecule has 0 spiro atoms. The molecule has 1 saturated heterocycles. The fraction of sp³-hybridized carbons (Fsp3) is 0.550. The van der Waals surface area contributed by atoms with E-state index >= 15 is 0 Å². The van der Waals surface area contributed by atoms with E-state index in [9.17, 15) is 9.59 Å². The molecule has 2 heterocycles. The van der Waals surface area contributed by atoms with Crippen molar-refractivity contribution in [3.05, 3.63) is 30.0 Å². The highest BCUT2D eigenvalue weighted by Gasteiger charge is 2.26. The number of carbonyl (C=O) groups is 2. The van der Waals surface area contributed by atoms with Crippen LogP contribution in [-0.4, -0.2) is 58.0 Å². The van der Waals surface area contributed by atoms with Crippen LogP contribution in [0.25, 0.3) is 10.9 Å². The second-order valence-electron chi connectivity index (χ2n) is 7.50. The number of piperazine rings is 1. The first-order valence-electron chi connectivity index (χ1n) is 9.71. The number of rotatable bonds is 4. The average Bonchev–Trinajstić information content (AvgIpc) is 3.37. The van der Waals surface area contributed by atoms with Crippen molar-refractivity contribution in [2.45, 2.75) is 38.5 Å². The standard InChI is InChI=1S/C20H26N4O2/c25-18(9-8-15-4-1-2-5-15)23-10-12-24(13-11-23)20(26)17-7-3-6-16-14-21-22-19(16)17/h3,6-7,14-15H,1-2,4-5,8-13H2,(H,21,22). The number of aromatic amines is 1. The summed E-state index contributed by atoms with van der Waals surface area (Å²) >= 11 is 0. The third-order valence-electron chi connectivity index (χ3n) is 5.87. The molecule has 1 saturated carbocycles. The molecule has 1 aliphatic carbocycles. The zero-order chi connectivity index (χ0) is 17.9. The van der Waals surface area contributed by atoms with Crippen molar-refractivity contribution in [1.29, 1.82) is 0 Å². The van der Waals surface area contributed by atoms with E-state index in [1.54, 1.807) is 6.20 Å². The van der Waals surface area contributed by atoms with E-state index in [2.05, 4.69) is 10.2 Å². The van der Waals surface area contributed by atoms with Crippen LogP contribution >= 0.6 is 0 Å². The maximum atomic E-state index is 12.9. The molecule has 1 aromatic heterocycles. The van der Waals surface area contributed by atoms with Crippen LogP contribution in [0.3, 0.4) is 0 Å². The third-order valence-corrected chi connectivity index (χ3v) is 5.87. The minimum absolute atomic E-state index is 0.0119. The lowest BCUT2D eigenvalue weighted by Crippen LogP contribution is -2.50. The van der Waals surface area contributed by atoms with E-state index in [1.807, 2.05) is 28.0 Å². The van der Waals surface area contributed by atoms with Crippen LogP contribution in [0.5, 0.6) is 0 Å². The topological polar surface area (TPSA) is 69.3 Å². The van der Waals surface area contributed by atoms with Gasteiger partial charge in [0.1, 0.15) is 0 Å². The summed E-state index contributed by atoms with van der Waals surface area (Å²) in [6, 6.07) is 5.66. The molecule has 0 atom stereocenters. The summed E-state index contributed by atoms with van der Waals surface area (Å²) in [4.78, 5) is 29.1. The molecule has 1 N–H and O–H groups in total. The summed E-state index contributed by atoms with van der Waals surface area (Å²) in [5, 5.41) is 7.89. The molecule has 1 aliphatic heterocycles. The van der Waals surface area contributed by atoms with Crippen LogP contribution in [0.1, 0.15) is 48.9 Å². The van der Waals surface area contributed by atoms with Crippen LogP contribution in [-0.2, 0) is 4.79 Å². The van der Waals surface area contributed by atoms with Gasteiger partial charge in [-0.1, -0.05) is 37.8 Å². The summed E-state index contributed by atoms with van der Waals surface area (Å²) in [7, 11) is 0. The Bertz CT molecular complexity index is 786.